The van der Waals surface area contributed by atoms with Crippen LogP contribution in [0.15, 0.2) is 34.7 Å². The largest absolute Gasteiger partial charge is 0.454 e. The second-order valence-corrected chi connectivity index (χ2v) is 5.21. The van der Waals surface area contributed by atoms with Crippen LogP contribution in [0.25, 0.3) is 0 Å². The number of hydrogen-bond acceptors (Lipinski definition) is 5. The summed E-state index contributed by atoms with van der Waals surface area (Å²) in [6.07, 6.45) is 0. The summed E-state index contributed by atoms with van der Waals surface area (Å²) in [5, 5.41) is 0. The van der Waals surface area contributed by atoms with Gasteiger partial charge in [-0.15, -0.1) is 0 Å². The van der Waals surface area contributed by atoms with Crippen LogP contribution in [-0.4, -0.2) is 31.3 Å². The van der Waals surface area contributed by atoms with Gasteiger partial charge in [-0.25, -0.2) is 0 Å². The van der Waals surface area contributed by atoms with Gasteiger partial charge in [0.25, 0.3) is 5.91 Å². The Hall–Kier alpha value is -2.47. The maximum Gasteiger partial charge on any atom is 0.289 e. The normalized spacial score (nSPS) is 12.4. The van der Waals surface area contributed by atoms with Crippen LogP contribution in [0.4, 0.5) is 0 Å². The number of carbonyl (C=O) groups is 1. The molecular formula is C17H19NO5. The molecule has 1 aliphatic heterocycles. The van der Waals surface area contributed by atoms with Gasteiger partial charge in [-0.05, 0) is 36.8 Å². The van der Waals surface area contributed by atoms with E-state index in [1.165, 1.54) is 0 Å². The molecule has 1 aliphatic rings. The van der Waals surface area contributed by atoms with Gasteiger partial charge in [0.1, 0.15) is 12.4 Å². The number of methoxy groups -OCH3 is 1. The molecule has 122 valence electrons. The van der Waals surface area contributed by atoms with Crippen molar-refractivity contribution in [3.8, 4) is 11.5 Å². The van der Waals surface area contributed by atoms with Crippen LogP contribution >= 0.6 is 0 Å². The zero-order chi connectivity index (χ0) is 16.2. The van der Waals surface area contributed by atoms with E-state index in [1.54, 1.807) is 24.1 Å². The van der Waals surface area contributed by atoms with Crippen molar-refractivity contribution in [1.29, 1.82) is 0 Å². The lowest BCUT2D eigenvalue weighted by atomic mass is 10.2. The molecule has 0 saturated carbocycles. The van der Waals surface area contributed by atoms with E-state index in [4.69, 9.17) is 18.6 Å². The van der Waals surface area contributed by atoms with Gasteiger partial charge in [0, 0.05) is 20.2 Å². The molecule has 0 N–H and O–H groups in total. The number of nitrogens with zero attached hydrogens (tertiary/aromatic N) is 1. The van der Waals surface area contributed by atoms with E-state index < -0.39 is 0 Å². The lowest BCUT2D eigenvalue weighted by Crippen LogP contribution is -2.30. The van der Waals surface area contributed by atoms with Crippen molar-refractivity contribution in [2.45, 2.75) is 20.1 Å². The number of fused-ring (bicyclic) bond motifs is 1. The molecule has 0 atom stereocenters. The summed E-state index contributed by atoms with van der Waals surface area (Å²) in [5.74, 6) is 2.26. The molecular weight excluding hydrogens is 298 g/mol. The van der Waals surface area contributed by atoms with Gasteiger partial charge >= 0.3 is 0 Å². The molecule has 0 radical (unpaired) electrons. The molecule has 3 rings (SSSR count). The molecule has 1 aromatic heterocycles. The maximum atomic E-state index is 12.6. The van der Waals surface area contributed by atoms with Crippen molar-refractivity contribution in [2.24, 2.45) is 0 Å². The first-order chi connectivity index (χ1) is 11.2. The second-order valence-electron chi connectivity index (χ2n) is 5.21. The first kappa shape index (κ1) is 15.4. The Morgan fingerprint density at radius 1 is 1.22 bits per heavy atom. The van der Waals surface area contributed by atoms with E-state index in [9.17, 15) is 4.79 Å². The lowest BCUT2D eigenvalue weighted by Gasteiger charge is -2.20. The minimum absolute atomic E-state index is 0.146. The lowest BCUT2D eigenvalue weighted by molar-refractivity contribution is 0.0712. The highest BCUT2D eigenvalue weighted by Gasteiger charge is 2.20. The van der Waals surface area contributed by atoms with Crippen LogP contribution in [-0.2, 0) is 17.9 Å². The first-order valence-corrected chi connectivity index (χ1v) is 7.46. The summed E-state index contributed by atoms with van der Waals surface area (Å²) in [4.78, 5) is 14.3. The van der Waals surface area contributed by atoms with Gasteiger partial charge in [0.15, 0.2) is 17.3 Å². The predicted octanol–water partition coefficient (Wildman–Crippen LogP) is 2.82. The Morgan fingerprint density at radius 2 is 2.04 bits per heavy atom. The fourth-order valence-corrected chi connectivity index (χ4v) is 2.46. The number of hydrogen-bond donors (Lipinski definition) is 0. The Morgan fingerprint density at radius 3 is 2.83 bits per heavy atom. The number of furan rings is 1. The molecule has 0 fully saturated rings. The average molecular weight is 317 g/mol. The summed E-state index contributed by atoms with van der Waals surface area (Å²) in [6, 6.07) is 9.13. The van der Waals surface area contributed by atoms with E-state index in [2.05, 4.69) is 0 Å². The monoisotopic (exact) mass is 317 g/mol. The Bertz CT molecular complexity index is 694. The molecule has 2 heterocycles. The summed E-state index contributed by atoms with van der Waals surface area (Å²) < 4.78 is 21.2. The summed E-state index contributed by atoms with van der Waals surface area (Å²) >= 11 is 0. The first-order valence-electron chi connectivity index (χ1n) is 7.46. The Kier molecular flexibility index (Phi) is 4.52. The van der Waals surface area contributed by atoms with Crippen molar-refractivity contribution in [3.63, 3.8) is 0 Å². The SMILES string of the molecule is CCN(Cc1ccc2c(c1)OCO2)C(=O)c1ccc(COC)o1. The van der Waals surface area contributed by atoms with E-state index in [0.717, 1.165) is 11.3 Å². The second kappa shape index (κ2) is 6.75. The van der Waals surface area contributed by atoms with E-state index >= 15 is 0 Å². The number of carbonyl (C=O) groups excluding carboxylic acids is 1. The quantitative estimate of drug-likeness (QED) is 0.820. The minimum atomic E-state index is -0.146. The van der Waals surface area contributed by atoms with Crippen molar-refractivity contribution in [1.82, 2.24) is 4.90 Å². The number of rotatable bonds is 6. The van der Waals surface area contributed by atoms with Crippen LogP contribution in [0, 0.1) is 0 Å². The topological polar surface area (TPSA) is 61.1 Å². The fraction of sp³-hybridized carbons (Fsp3) is 0.353. The number of benzene rings is 1. The third kappa shape index (κ3) is 3.32. The zero-order valence-electron chi connectivity index (χ0n) is 13.2. The van der Waals surface area contributed by atoms with Gasteiger partial charge in [-0.2, -0.15) is 0 Å². The molecule has 1 amide bonds. The van der Waals surface area contributed by atoms with Gasteiger partial charge in [0.05, 0.1) is 0 Å². The van der Waals surface area contributed by atoms with Crippen molar-refractivity contribution in [3.05, 3.63) is 47.4 Å². The van der Waals surface area contributed by atoms with Gasteiger partial charge in [-0.3, -0.25) is 4.79 Å². The van der Waals surface area contributed by atoms with E-state index in [-0.39, 0.29) is 12.7 Å². The zero-order valence-corrected chi connectivity index (χ0v) is 13.2. The Labute approximate surface area is 134 Å². The molecule has 0 aliphatic carbocycles. The van der Waals surface area contributed by atoms with Crippen LogP contribution in [0.5, 0.6) is 11.5 Å². The molecule has 23 heavy (non-hydrogen) atoms. The molecule has 0 bridgehead atoms. The summed E-state index contributed by atoms with van der Waals surface area (Å²) in [7, 11) is 1.59. The molecule has 6 nitrogen and oxygen atoms in total. The number of ether oxygens (including phenoxy) is 3. The smallest absolute Gasteiger partial charge is 0.289 e. The highest BCUT2D eigenvalue weighted by Crippen LogP contribution is 2.32. The van der Waals surface area contributed by atoms with Crippen LogP contribution in [0.1, 0.15) is 28.8 Å². The van der Waals surface area contributed by atoms with Crippen LogP contribution in [0.3, 0.4) is 0 Å². The van der Waals surface area contributed by atoms with Crippen molar-refractivity contribution >= 4 is 5.91 Å². The fourth-order valence-electron chi connectivity index (χ4n) is 2.46. The van der Waals surface area contributed by atoms with Crippen molar-refractivity contribution in [2.75, 3.05) is 20.4 Å². The predicted molar refractivity (Wildman–Crippen MR) is 82.4 cm³/mol. The van der Waals surface area contributed by atoms with E-state index in [1.807, 2.05) is 25.1 Å². The highest BCUT2D eigenvalue weighted by atomic mass is 16.7. The molecule has 0 unspecified atom stereocenters. The highest BCUT2D eigenvalue weighted by molar-refractivity contribution is 5.91. The van der Waals surface area contributed by atoms with Crippen LogP contribution < -0.4 is 9.47 Å². The van der Waals surface area contributed by atoms with Gasteiger partial charge < -0.3 is 23.5 Å². The molecule has 1 aromatic carbocycles. The van der Waals surface area contributed by atoms with Gasteiger partial charge in [0.2, 0.25) is 6.79 Å². The minimum Gasteiger partial charge on any atom is -0.454 e. The molecule has 0 saturated heterocycles. The van der Waals surface area contributed by atoms with Crippen molar-refractivity contribution < 1.29 is 23.4 Å². The average Bonchev–Trinajstić information content (AvgIpc) is 3.21. The molecule has 2 aromatic rings. The van der Waals surface area contributed by atoms with Crippen LogP contribution in [0.2, 0.25) is 0 Å². The Balaban J connectivity index is 1.72. The molecule has 0 spiro atoms. The summed E-state index contributed by atoms with van der Waals surface area (Å²) in [6.45, 7) is 3.58. The number of amides is 1. The third-order valence-electron chi connectivity index (χ3n) is 3.64. The van der Waals surface area contributed by atoms with E-state index in [0.29, 0.717) is 37.0 Å². The summed E-state index contributed by atoms with van der Waals surface area (Å²) in [5.41, 5.74) is 0.980. The van der Waals surface area contributed by atoms with Gasteiger partial charge in [-0.1, -0.05) is 6.07 Å². The molecule has 6 heteroatoms. The standard InChI is InChI=1S/C17H19NO5/c1-3-18(17(19)15-7-5-13(23-15)10-20-2)9-12-4-6-14-16(8-12)22-11-21-14/h4-8H,3,9-11H2,1-2H3. The maximum absolute atomic E-state index is 12.6. The third-order valence-corrected chi connectivity index (χ3v) is 3.64.